The quantitative estimate of drug-likeness (QED) is 0.460. The molecule has 2 N–H and O–H groups in total. The summed E-state index contributed by atoms with van der Waals surface area (Å²) < 4.78 is 5.94. The fourth-order valence-electron chi connectivity index (χ4n) is 2.97. The van der Waals surface area contributed by atoms with Gasteiger partial charge in [-0.25, -0.2) is 0 Å². The molecule has 128 valence electrons. The van der Waals surface area contributed by atoms with Crippen LogP contribution in [0.5, 0.6) is 0 Å². The Morgan fingerprint density at radius 1 is 1.17 bits per heavy atom. The van der Waals surface area contributed by atoms with Gasteiger partial charge in [-0.2, -0.15) is 0 Å². The van der Waals surface area contributed by atoms with Gasteiger partial charge in [0.05, 0.1) is 6.10 Å². The van der Waals surface area contributed by atoms with Gasteiger partial charge >= 0.3 is 0 Å². The van der Waals surface area contributed by atoms with Gasteiger partial charge in [-0.3, -0.25) is 4.99 Å². The van der Waals surface area contributed by atoms with Crippen LogP contribution in [0.2, 0.25) is 0 Å². The first-order valence-electron chi connectivity index (χ1n) is 8.90. The summed E-state index contributed by atoms with van der Waals surface area (Å²) in [6, 6.07) is 8.42. The third-order valence-corrected chi connectivity index (χ3v) is 4.45. The Labute approximate surface area is 140 Å². The van der Waals surface area contributed by atoms with Crippen LogP contribution in [0.3, 0.4) is 0 Å². The Kier molecular flexibility index (Phi) is 7.95. The van der Waals surface area contributed by atoms with Crippen LogP contribution in [0.1, 0.15) is 49.7 Å². The predicted octanol–water partition coefficient (Wildman–Crippen LogP) is 3.40. The molecule has 1 aromatic rings. The van der Waals surface area contributed by atoms with Crippen LogP contribution < -0.4 is 10.6 Å². The summed E-state index contributed by atoms with van der Waals surface area (Å²) in [6.07, 6.45) is 8.05. The lowest BCUT2D eigenvalue weighted by molar-refractivity contribution is 0.0277. The molecule has 1 aliphatic carbocycles. The maximum atomic E-state index is 5.94. The molecule has 4 heteroatoms. The van der Waals surface area contributed by atoms with E-state index in [1.54, 1.807) is 0 Å². The van der Waals surface area contributed by atoms with Crippen LogP contribution in [0.4, 0.5) is 0 Å². The van der Waals surface area contributed by atoms with Crippen LogP contribution >= 0.6 is 0 Å². The first-order valence-corrected chi connectivity index (χ1v) is 8.90. The average molecular weight is 317 g/mol. The predicted molar refractivity (Wildman–Crippen MR) is 96.8 cm³/mol. The van der Waals surface area contributed by atoms with Crippen LogP contribution in [0.25, 0.3) is 0 Å². The van der Waals surface area contributed by atoms with Gasteiger partial charge in [-0.1, -0.05) is 43.5 Å². The molecule has 0 spiro atoms. The van der Waals surface area contributed by atoms with Crippen LogP contribution in [-0.4, -0.2) is 32.3 Å². The molecule has 23 heavy (non-hydrogen) atoms. The van der Waals surface area contributed by atoms with Gasteiger partial charge in [0.15, 0.2) is 5.96 Å². The first kappa shape index (κ1) is 17.8. The van der Waals surface area contributed by atoms with Crippen molar-refractivity contribution < 1.29 is 4.74 Å². The van der Waals surface area contributed by atoms with E-state index in [1.165, 1.54) is 43.2 Å². The van der Waals surface area contributed by atoms with Crippen molar-refractivity contribution in [2.24, 2.45) is 4.99 Å². The molecule has 0 unspecified atom stereocenters. The second-order valence-electron chi connectivity index (χ2n) is 6.26. The van der Waals surface area contributed by atoms with E-state index in [0.29, 0.717) is 6.10 Å². The third-order valence-electron chi connectivity index (χ3n) is 4.45. The number of nitrogens with zero attached hydrogens (tertiary/aromatic N) is 1. The Hall–Kier alpha value is -1.55. The topological polar surface area (TPSA) is 45.7 Å². The van der Waals surface area contributed by atoms with Crippen molar-refractivity contribution in [3.8, 4) is 0 Å². The summed E-state index contributed by atoms with van der Waals surface area (Å²) in [5.41, 5.74) is 2.60. The molecule has 1 saturated carbocycles. The number of rotatable bonds is 7. The fraction of sp³-hybridized carbons (Fsp3) is 0.632. The number of nitrogens with one attached hydrogen (secondary N) is 2. The minimum atomic E-state index is 0.502. The molecule has 0 radical (unpaired) electrons. The van der Waals surface area contributed by atoms with E-state index < -0.39 is 0 Å². The van der Waals surface area contributed by atoms with E-state index in [0.717, 1.165) is 32.1 Å². The maximum Gasteiger partial charge on any atom is 0.191 e. The zero-order chi connectivity index (χ0) is 16.3. The molecule has 0 saturated heterocycles. The number of hydrogen-bond acceptors (Lipinski definition) is 2. The number of hydrogen-bond donors (Lipinski definition) is 2. The van der Waals surface area contributed by atoms with Crippen LogP contribution in [0, 0.1) is 6.92 Å². The molecular weight excluding hydrogens is 286 g/mol. The van der Waals surface area contributed by atoms with Gasteiger partial charge in [-0.05, 0) is 37.3 Å². The number of benzene rings is 1. The Morgan fingerprint density at radius 3 is 2.70 bits per heavy atom. The van der Waals surface area contributed by atoms with Gasteiger partial charge in [0, 0.05) is 26.7 Å². The Morgan fingerprint density at radius 2 is 1.96 bits per heavy atom. The van der Waals surface area contributed by atoms with Gasteiger partial charge in [0.1, 0.15) is 0 Å². The van der Waals surface area contributed by atoms with Crippen molar-refractivity contribution in [2.75, 3.05) is 20.2 Å². The summed E-state index contributed by atoms with van der Waals surface area (Å²) in [5.74, 6) is 0.853. The van der Waals surface area contributed by atoms with Crippen molar-refractivity contribution >= 4 is 5.96 Å². The molecule has 0 heterocycles. The van der Waals surface area contributed by atoms with E-state index in [-0.39, 0.29) is 0 Å². The highest BCUT2D eigenvalue weighted by Gasteiger charge is 2.12. The molecule has 0 aromatic heterocycles. The van der Waals surface area contributed by atoms with Crippen molar-refractivity contribution in [1.82, 2.24) is 10.6 Å². The highest BCUT2D eigenvalue weighted by molar-refractivity contribution is 5.79. The molecule has 4 nitrogen and oxygen atoms in total. The molecular formula is C19H31N3O. The lowest BCUT2D eigenvalue weighted by Gasteiger charge is -2.22. The molecule has 0 atom stereocenters. The molecule has 1 aromatic carbocycles. The van der Waals surface area contributed by atoms with Gasteiger partial charge in [0.25, 0.3) is 0 Å². The molecule has 0 bridgehead atoms. The largest absolute Gasteiger partial charge is 0.378 e. The summed E-state index contributed by atoms with van der Waals surface area (Å²) in [4.78, 5) is 4.27. The van der Waals surface area contributed by atoms with Crippen molar-refractivity contribution in [3.05, 3.63) is 35.4 Å². The van der Waals surface area contributed by atoms with E-state index >= 15 is 0 Å². The Balaban J connectivity index is 1.58. The lowest BCUT2D eigenvalue weighted by atomic mass is 9.98. The van der Waals surface area contributed by atoms with E-state index in [9.17, 15) is 0 Å². The van der Waals surface area contributed by atoms with Crippen LogP contribution in [-0.2, 0) is 11.3 Å². The highest BCUT2D eigenvalue weighted by Crippen LogP contribution is 2.20. The van der Waals surface area contributed by atoms with Crippen molar-refractivity contribution in [3.63, 3.8) is 0 Å². The lowest BCUT2D eigenvalue weighted by Crippen LogP contribution is -2.37. The SMILES string of the molecule is CN=C(NCCCOC1CCCCC1)NCc1ccccc1C. The zero-order valence-electron chi connectivity index (χ0n) is 14.6. The molecule has 0 aliphatic heterocycles. The third kappa shape index (κ3) is 6.61. The van der Waals surface area contributed by atoms with Gasteiger partial charge in [-0.15, -0.1) is 0 Å². The minimum Gasteiger partial charge on any atom is -0.378 e. The van der Waals surface area contributed by atoms with Gasteiger partial charge in [0.2, 0.25) is 0 Å². The number of aryl methyl sites for hydroxylation is 1. The molecule has 1 fully saturated rings. The van der Waals surface area contributed by atoms with Crippen molar-refractivity contribution in [2.45, 2.75) is 58.1 Å². The maximum absolute atomic E-state index is 5.94. The summed E-state index contributed by atoms with van der Waals surface area (Å²) in [7, 11) is 1.81. The van der Waals surface area contributed by atoms with E-state index in [2.05, 4.69) is 46.8 Å². The number of ether oxygens (including phenoxy) is 1. The normalized spacial score (nSPS) is 16.3. The average Bonchev–Trinajstić information content (AvgIpc) is 2.59. The van der Waals surface area contributed by atoms with E-state index in [1.807, 2.05) is 7.05 Å². The van der Waals surface area contributed by atoms with Crippen molar-refractivity contribution in [1.29, 1.82) is 0 Å². The second-order valence-corrected chi connectivity index (χ2v) is 6.26. The minimum absolute atomic E-state index is 0.502. The smallest absolute Gasteiger partial charge is 0.191 e. The molecule has 2 rings (SSSR count). The summed E-state index contributed by atoms with van der Waals surface area (Å²) in [6.45, 7) is 4.66. The van der Waals surface area contributed by atoms with Crippen LogP contribution in [0.15, 0.2) is 29.3 Å². The molecule has 1 aliphatic rings. The monoisotopic (exact) mass is 317 g/mol. The fourth-order valence-corrected chi connectivity index (χ4v) is 2.97. The highest BCUT2D eigenvalue weighted by atomic mass is 16.5. The van der Waals surface area contributed by atoms with E-state index in [4.69, 9.17) is 4.74 Å². The number of aliphatic imine (C=N–C) groups is 1. The standard InChI is InChI=1S/C19H31N3O/c1-16-9-6-7-10-17(16)15-22-19(20-2)21-13-8-14-23-18-11-4-3-5-12-18/h6-7,9-10,18H,3-5,8,11-15H2,1-2H3,(H2,20,21,22). The van der Waals surface area contributed by atoms with Gasteiger partial charge < -0.3 is 15.4 Å². The second kappa shape index (κ2) is 10.3. The summed E-state index contributed by atoms with van der Waals surface area (Å²) >= 11 is 0. The summed E-state index contributed by atoms with van der Waals surface area (Å²) in [5, 5.41) is 6.72. The zero-order valence-corrected chi connectivity index (χ0v) is 14.6. The molecule has 0 amide bonds. The number of guanidine groups is 1. The first-order chi connectivity index (χ1) is 11.3. The Bertz CT molecular complexity index is 481.